The number of pyridine rings is 1. The van der Waals surface area contributed by atoms with Crippen molar-refractivity contribution in [2.75, 3.05) is 36.8 Å². The molecule has 2 unspecified atom stereocenters. The number of aromatic nitrogens is 3. The number of thiophene rings is 1. The van der Waals surface area contributed by atoms with Gasteiger partial charge in [-0.2, -0.15) is 5.10 Å². The minimum atomic E-state index is 0.00791. The summed E-state index contributed by atoms with van der Waals surface area (Å²) >= 11 is 1.35. The molecule has 2 aliphatic heterocycles. The van der Waals surface area contributed by atoms with Crippen molar-refractivity contribution in [3.05, 3.63) is 40.2 Å². The molecule has 2 N–H and O–H groups in total. The number of fused-ring (bicyclic) bond motifs is 2. The average Bonchev–Trinajstić information content (AvgIpc) is 3.42. The highest BCUT2D eigenvalue weighted by Gasteiger charge is 2.42. The zero-order valence-corrected chi connectivity index (χ0v) is 17.7. The minimum Gasteiger partial charge on any atom is -0.397 e. The van der Waals surface area contributed by atoms with Gasteiger partial charge in [-0.1, -0.05) is 5.92 Å². The molecule has 0 saturated carbocycles. The van der Waals surface area contributed by atoms with Crippen LogP contribution in [-0.4, -0.2) is 52.2 Å². The molecule has 0 aromatic carbocycles. The van der Waals surface area contributed by atoms with Crippen LogP contribution in [0.1, 0.15) is 26.6 Å². The number of aryl methyl sites for hydroxylation is 2. The van der Waals surface area contributed by atoms with Crippen molar-refractivity contribution in [3.8, 4) is 12.3 Å². The van der Waals surface area contributed by atoms with Gasteiger partial charge in [-0.15, -0.1) is 22.9 Å². The van der Waals surface area contributed by atoms with E-state index in [9.17, 15) is 4.79 Å². The smallest absolute Gasteiger partial charge is 0.266 e. The van der Waals surface area contributed by atoms with Crippen LogP contribution >= 0.6 is 11.3 Å². The first-order valence-corrected chi connectivity index (χ1v) is 10.8. The fourth-order valence-corrected chi connectivity index (χ4v) is 5.64. The Bertz CT molecular complexity index is 1180. The second kappa shape index (κ2) is 6.96. The molecule has 5 heterocycles. The van der Waals surface area contributed by atoms with Crippen molar-refractivity contribution < 1.29 is 4.79 Å². The van der Waals surface area contributed by atoms with Crippen molar-refractivity contribution in [3.63, 3.8) is 0 Å². The van der Waals surface area contributed by atoms with E-state index in [1.54, 1.807) is 0 Å². The van der Waals surface area contributed by atoms with Gasteiger partial charge in [0.25, 0.3) is 5.91 Å². The Kier molecular flexibility index (Phi) is 4.36. The molecule has 2 atom stereocenters. The lowest BCUT2D eigenvalue weighted by atomic mass is 10.0. The van der Waals surface area contributed by atoms with Gasteiger partial charge < -0.3 is 15.5 Å². The monoisotopic (exact) mass is 418 g/mol. The van der Waals surface area contributed by atoms with Gasteiger partial charge >= 0.3 is 0 Å². The standard InChI is InChI=1S/C22H22N6OS/c1-4-16-5-6-17(7-24-16)27-8-14-10-28(11-15(14)9-27)22(29)20-19(23)18-12(2)13(3)25-26-21(18)30-20/h1,5-7,14-15H,8-11,23H2,2-3H3. The summed E-state index contributed by atoms with van der Waals surface area (Å²) in [5.41, 5.74) is 10.5. The molecule has 0 aliphatic carbocycles. The molecule has 7 nitrogen and oxygen atoms in total. The number of terminal acetylenes is 1. The molecule has 0 spiro atoms. The lowest BCUT2D eigenvalue weighted by molar-refractivity contribution is 0.0788. The summed E-state index contributed by atoms with van der Waals surface area (Å²) in [7, 11) is 0. The molecule has 0 radical (unpaired) electrons. The maximum absolute atomic E-state index is 13.3. The fourth-order valence-electron chi connectivity index (χ4n) is 4.57. The number of likely N-dealkylation sites (tertiary alicyclic amines) is 1. The number of carbonyl (C=O) groups is 1. The first kappa shape index (κ1) is 18.8. The number of anilines is 2. The number of hydrogen-bond donors (Lipinski definition) is 1. The van der Waals surface area contributed by atoms with Gasteiger partial charge in [0.1, 0.15) is 15.4 Å². The van der Waals surface area contributed by atoms with Gasteiger partial charge in [0.05, 0.1) is 23.3 Å². The van der Waals surface area contributed by atoms with Crippen molar-refractivity contribution in [1.82, 2.24) is 20.1 Å². The molecule has 1 amide bonds. The van der Waals surface area contributed by atoms with Crippen LogP contribution in [0.5, 0.6) is 0 Å². The van der Waals surface area contributed by atoms with Gasteiger partial charge in [0.15, 0.2) is 0 Å². The lowest BCUT2D eigenvalue weighted by Crippen LogP contribution is -2.33. The lowest BCUT2D eigenvalue weighted by Gasteiger charge is -2.23. The van der Waals surface area contributed by atoms with Gasteiger partial charge in [-0.3, -0.25) is 4.79 Å². The van der Waals surface area contributed by atoms with Crippen LogP contribution in [0.15, 0.2) is 18.3 Å². The average molecular weight is 419 g/mol. The Hall–Kier alpha value is -3.18. The summed E-state index contributed by atoms with van der Waals surface area (Å²) in [6.07, 6.45) is 7.23. The SMILES string of the molecule is C#Cc1ccc(N2CC3CN(C(=O)c4sc5nnc(C)c(C)c5c4N)CC3C2)cn1. The van der Waals surface area contributed by atoms with Crippen LogP contribution in [0.25, 0.3) is 10.2 Å². The van der Waals surface area contributed by atoms with E-state index in [1.807, 2.05) is 37.1 Å². The van der Waals surface area contributed by atoms with E-state index >= 15 is 0 Å². The Balaban J connectivity index is 1.32. The molecule has 30 heavy (non-hydrogen) atoms. The third-order valence-corrected chi connectivity index (χ3v) is 7.44. The predicted molar refractivity (Wildman–Crippen MR) is 119 cm³/mol. The number of rotatable bonds is 2. The van der Waals surface area contributed by atoms with Crippen molar-refractivity contribution in [2.24, 2.45) is 11.8 Å². The van der Waals surface area contributed by atoms with E-state index in [2.05, 4.69) is 26.0 Å². The molecule has 3 aromatic heterocycles. The van der Waals surface area contributed by atoms with E-state index in [0.29, 0.717) is 28.1 Å². The number of nitrogen functional groups attached to an aromatic ring is 1. The Labute approximate surface area is 178 Å². The summed E-state index contributed by atoms with van der Waals surface area (Å²) in [6.45, 7) is 7.20. The Morgan fingerprint density at radius 1 is 1.20 bits per heavy atom. The Morgan fingerprint density at radius 3 is 2.57 bits per heavy atom. The van der Waals surface area contributed by atoms with Gasteiger partial charge in [-0.25, -0.2) is 4.98 Å². The molecule has 2 aliphatic rings. The van der Waals surface area contributed by atoms with Gasteiger partial charge in [0.2, 0.25) is 0 Å². The molecule has 5 rings (SSSR count). The van der Waals surface area contributed by atoms with E-state index in [-0.39, 0.29) is 5.91 Å². The highest BCUT2D eigenvalue weighted by molar-refractivity contribution is 7.21. The minimum absolute atomic E-state index is 0.00791. The molecule has 3 aromatic rings. The second-order valence-electron chi connectivity index (χ2n) is 8.12. The number of amides is 1. The molecular formula is C22H22N6OS. The Morgan fingerprint density at radius 2 is 1.93 bits per heavy atom. The number of carbonyl (C=O) groups excluding carboxylic acids is 1. The van der Waals surface area contributed by atoms with Gasteiger partial charge in [0, 0.05) is 43.4 Å². The topological polar surface area (TPSA) is 88.2 Å². The van der Waals surface area contributed by atoms with Crippen molar-refractivity contribution in [2.45, 2.75) is 13.8 Å². The predicted octanol–water partition coefficient (Wildman–Crippen LogP) is 2.48. The number of nitrogens with zero attached hydrogens (tertiary/aromatic N) is 5. The molecule has 152 valence electrons. The van der Waals surface area contributed by atoms with Crippen LogP contribution in [-0.2, 0) is 0 Å². The zero-order valence-electron chi connectivity index (χ0n) is 16.9. The third-order valence-electron chi connectivity index (χ3n) is 6.36. The molecule has 8 heteroatoms. The summed E-state index contributed by atoms with van der Waals surface area (Å²) in [5, 5.41) is 9.27. The fraction of sp³-hybridized carbons (Fsp3) is 0.364. The van der Waals surface area contributed by atoms with Crippen LogP contribution in [0.2, 0.25) is 0 Å². The summed E-state index contributed by atoms with van der Waals surface area (Å²) in [6, 6.07) is 3.89. The first-order valence-electron chi connectivity index (χ1n) is 9.95. The van der Waals surface area contributed by atoms with E-state index < -0.39 is 0 Å². The van der Waals surface area contributed by atoms with Crippen molar-refractivity contribution >= 4 is 38.8 Å². The highest BCUT2D eigenvalue weighted by Crippen LogP contribution is 2.38. The quantitative estimate of drug-likeness (QED) is 0.643. The van der Waals surface area contributed by atoms with E-state index in [0.717, 1.165) is 53.3 Å². The maximum atomic E-state index is 13.3. The van der Waals surface area contributed by atoms with Crippen LogP contribution in [0, 0.1) is 38.0 Å². The second-order valence-corrected chi connectivity index (χ2v) is 9.12. The maximum Gasteiger partial charge on any atom is 0.266 e. The van der Waals surface area contributed by atoms with Crippen LogP contribution in [0.3, 0.4) is 0 Å². The van der Waals surface area contributed by atoms with E-state index in [1.165, 1.54) is 11.3 Å². The van der Waals surface area contributed by atoms with Crippen molar-refractivity contribution in [1.29, 1.82) is 0 Å². The van der Waals surface area contributed by atoms with E-state index in [4.69, 9.17) is 12.2 Å². The summed E-state index contributed by atoms with van der Waals surface area (Å²) in [4.78, 5) is 23.1. The number of nitrogens with two attached hydrogens (primary N) is 1. The van der Waals surface area contributed by atoms with Crippen LogP contribution in [0.4, 0.5) is 11.4 Å². The summed E-state index contributed by atoms with van der Waals surface area (Å²) < 4.78 is 0. The molecule has 2 saturated heterocycles. The zero-order chi connectivity index (χ0) is 21.0. The normalized spacial score (nSPS) is 20.6. The largest absolute Gasteiger partial charge is 0.397 e. The van der Waals surface area contributed by atoms with Crippen LogP contribution < -0.4 is 10.6 Å². The number of hydrogen-bond acceptors (Lipinski definition) is 7. The first-order chi connectivity index (χ1) is 14.5. The molecule has 0 bridgehead atoms. The molecular weight excluding hydrogens is 396 g/mol. The van der Waals surface area contributed by atoms with Gasteiger partial charge in [-0.05, 0) is 31.5 Å². The summed E-state index contributed by atoms with van der Waals surface area (Å²) in [5.74, 6) is 3.45. The third kappa shape index (κ3) is 2.89. The highest BCUT2D eigenvalue weighted by atomic mass is 32.1. The molecule has 2 fully saturated rings.